The Bertz CT molecular complexity index is 332. The van der Waals surface area contributed by atoms with Gasteiger partial charge in [0.15, 0.2) is 0 Å². The summed E-state index contributed by atoms with van der Waals surface area (Å²) >= 11 is 2.24. The summed E-state index contributed by atoms with van der Waals surface area (Å²) in [4.78, 5) is 0. The van der Waals surface area contributed by atoms with Gasteiger partial charge in [0.2, 0.25) is 0 Å². The monoisotopic (exact) mass is 374 g/mol. The minimum Gasteiger partial charge on any atom is -0.198 e. The minimum absolute atomic E-state index is 0.0229. The first-order chi connectivity index (χ1) is 7.88. The minimum atomic E-state index is -3.31. The second-order valence-electron chi connectivity index (χ2n) is 5.08. The third-order valence-electron chi connectivity index (χ3n) is 3.32. The zero-order chi connectivity index (χ0) is 13.1. The topological polar surface area (TPSA) is 49.4 Å². The van der Waals surface area contributed by atoms with Crippen molar-refractivity contribution in [1.82, 2.24) is 9.03 Å². The van der Waals surface area contributed by atoms with E-state index in [1.54, 1.807) is 4.31 Å². The van der Waals surface area contributed by atoms with E-state index in [-0.39, 0.29) is 12.1 Å². The van der Waals surface area contributed by atoms with E-state index in [1.807, 2.05) is 20.8 Å². The highest BCUT2D eigenvalue weighted by Crippen LogP contribution is 2.20. The van der Waals surface area contributed by atoms with Gasteiger partial charge in [-0.15, -0.1) is 0 Å². The molecular weight excluding hydrogens is 351 g/mol. The summed E-state index contributed by atoms with van der Waals surface area (Å²) in [5, 5.41) is 0. The highest BCUT2D eigenvalue weighted by molar-refractivity contribution is 14.1. The standard InChI is InChI=1S/C11H23IN2O2S/c1-9(2)11(8-12)13-17(15,16)14-7-5-4-6-10(14)3/h9-11,13H,4-8H2,1-3H3. The lowest BCUT2D eigenvalue weighted by atomic mass is 10.1. The number of nitrogens with zero attached hydrogens (tertiary/aromatic N) is 1. The van der Waals surface area contributed by atoms with Gasteiger partial charge in [-0.2, -0.15) is 17.4 Å². The Hall–Kier alpha value is 0.600. The molecular formula is C11H23IN2O2S. The maximum atomic E-state index is 12.3. The van der Waals surface area contributed by atoms with Crippen molar-refractivity contribution in [3.05, 3.63) is 0 Å². The van der Waals surface area contributed by atoms with Crippen molar-refractivity contribution in [2.75, 3.05) is 11.0 Å². The van der Waals surface area contributed by atoms with Crippen LogP contribution in [-0.2, 0) is 10.2 Å². The van der Waals surface area contributed by atoms with Crippen LogP contribution in [0.2, 0.25) is 0 Å². The number of nitrogens with one attached hydrogen (secondary N) is 1. The summed E-state index contributed by atoms with van der Waals surface area (Å²) in [6, 6.07) is 0.151. The molecule has 1 rings (SSSR count). The van der Waals surface area contributed by atoms with Crippen LogP contribution in [0.25, 0.3) is 0 Å². The number of piperidine rings is 1. The van der Waals surface area contributed by atoms with Crippen LogP contribution in [0.5, 0.6) is 0 Å². The molecule has 6 heteroatoms. The molecule has 1 aliphatic rings. The van der Waals surface area contributed by atoms with E-state index < -0.39 is 10.2 Å². The summed E-state index contributed by atoms with van der Waals surface area (Å²) in [7, 11) is -3.31. The van der Waals surface area contributed by atoms with Crippen LogP contribution < -0.4 is 4.72 Å². The summed E-state index contributed by atoms with van der Waals surface area (Å²) in [6.07, 6.45) is 3.08. The lowest BCUT2D eigenvalue weighted by Gasteiger charge is -2.34. The summed E-state index contributed by atoms with van der Waals surface area (Å²) in [5.41, 5.74) is 0. The van der Waals surface area contributed by atoms with Crippen molar-refractivity contribution in [2.45, 2.75) is 52.1 Å². The Balaban J connectivity index is 2.73. The van der Waals surface area contributed by atoms with Crippen molar-refractivity contribution >= 4 is 32.8 Å². The molecule has 0 aromatic heterocycles. The molecule has 2 unspecified atom stereocenters. The van der Waals surface area contributed by atoms with Gasteiger partial charge in [0.05, 0.1) is 0 Å². The lowest BCUT2D eigenvalue weighted by Crippen LogP contribution is -2.52. The predicted molar refractivity (Wildman–Crippen MR) is 79.6 cm³/mol. The number of alkyl halides is 1. The fraction of sp³-hybridized carbons (Fsp3) is 1.00. The van der Waals surface area contributed by atoms with Gasteiger partial charge in [0.1, 0.15) is 0 Å². The van der Waals surface area contributed by atoms with Gasteiger partial charge in [-0.1, -0.05) is 42.9 Å². The van der Waals surface area contributed by atoms with Crippen molar-refractivity contribution < 1.29 is 8.42 Å². The number of hydrogen-bond donors (Lipinski definition) is 1. The first kappa shape index (κ1) is 15.7. The average molecular weight is 374 g/mol. The molecule has 0 bridgehead atoms. The van der Waals surface area contributed by atoms with Crippen LogP contribution in [0.4, 0.5) is 0 Å². The molecule has 1 fully saturated rings. The normalized spacial score (nSPS) is 25.1. The highest BCUT2D eigenvalue weighted by Gasteiger charge is 2.31. The molecule has 0 amide bonds. The van der Waals surface area contributed by atoms with Crippen LogP contribution in [0.15, 0.2) is 0 Å². The van der Waals surface area contributed by atoms with E-state index in [1.165, 1.54) is 0 Å². The lowest BCUT2D eigenvalue weighted by molar-refractivity contribution is 0.262. The molecule has 0 radical (unpaired) electrons. The summed E-state index contributed by atoms with van der Waals surface area (Å²) < 4.78 is 29.8. The van der Waals surface area contributed by atoms with Gasteiger partial charge in [-0.25, -0.2) is 0 Å². The highest BCUT2D eigenvalue weighted by atomic mass is 127. The molecule has 4 nitrogen and oxygen atoms in total. The molecule has 102 valence electrons. The molecule has 1 N–H and O–H groups in total. The summed E-state index contributed by atoms with van der Waals surface area (Å²) in [5.74, 6) is 0.321. The third-order valence-corrected chi connectivity index (χ3v) is 6.03. The van der Waals surface area contributed by atoms with Crippen molar-refractivity contribution in [3.63, 3.8) is 0 Å². The zero-order valence-electron chi connectivity index (χ0n) is 10.8. The Labute approximate surface area is 119 Å². The van der Waals surface area contributed by atoms with Gasteiger partial charge in [-0.3, -0.25) is 0 Å². The molecule has 1 aliphatic heterocycles. The number of hydrogen-bond acceptors (Lipinski definition) is 2. The molecule has 0 spiro atoms. The molecule has 0 aromatic rings. The van der Waals surface area contributed by atoms with Gasteiger partial charge in [-0.05, 0) is 25.7 Å². The van der Waals surface area contributed by atoms with E-state index in [0.717, 1.165) is 23.7 Å². The first-order valence-corrected chi connectivity index (χ1v) is 9.20. The van der Waals surface area contributed by atoms with E-state index >= 15 is 0 Å². The van der Waals surface area contributed by atoms with Crippen LogP contribution in [0.1, 0.15) is 40.0 Å². The second-order valence-corrected chi connectivity index (χ2v) is 7.62. The maximum absolute atomic E-state index is 12.3. The predicted octanol–water partition coefficient (Wildman–Crippen LogP) is 2.15. The molecule has 0 saturated carbocycles. The molecule has 1 heterocycles. The van der Waals surface area contributed by atoms with Gasteiger partial charge < -0.3 is 0 Å². The SMILES string of the molecule is CC(C)C(CI)NS(=O)(=O)N1CCCCC1C. The molecule has 0 aromatic carbocycles. The van der Waals surface area contributed by atoms with E-state index in [4.69, 9.17) is 0 Å². The fourth-order valence-corrected chi connectivity index (χ4v) is 5.39. The summed E-state index contributed by atoms with van der Waals surface area (Å²) in [6.45, 7) is 6.74. The quantitative estimate of drug-likeness (QED) is 0.592. The van der Waals surface area contributed by atoms with Crippen molar-refractivity contribution in [2.24, 2.45) is 5.92 Å². The van der Waals surface area contributed by atoms with Crippen LogP contribution >= 0.6 is 22.6 Å². The van der Waals surface area contributed by atoms with E-state index in [9.17, 15) is 8.42 Å². The number of halogens is 1. The zero-order valence-corrected chi connectivity index (χ0v) is 13.8. The van der Waals surface area contributed by atoms with Gasteiger partial charge in [0, 0.05) is 23.1 Å². The van der Waals surface area contributed by atoms with Crippen molar-refractivity contribution in [1.29, 1.82) is 0 Å². The molecule has 2 atom stereocenters. The van der Waals surface area contributed by atoms with Crippen LogP contribution in [0, 0.1) is 5.92 Å². The average Bonchev–Trinajstić information content (AvgIpc) is 2.26. The Morgan fingerprint density at radius 3 is 2.53 bits per heavy atom. The Morgan fingerprint density at radius 1 is 1.41 bits per heavy atom. The molecule has 0 aliphatic carbocycles. The second kappa shape index (κ2) is 6.68. The Morgan fingerprint density at radius 2 is 2.06 bits per heavy atom. The smallest absolute Gasteiger partial charge is 0.198 e. The van der Waals surface area contributed by atoms with E-state index in [2.05, 4.69) is 27.3 Å². The third kappa shape index (κ3) is 4.33. The van der Waals surface area contributed by atoms with Crippen molar-refractivity contribution in [3.8, 4) is 0 Å². The fourth-order valence-electron chi connectivity index (χ4n) is 2.03. The number of rotatable bonds is 5. The Kier molecular flexibility index (Phi) is 6.15. The van der Waals surface area contributed by atoms with Gasteiger partial charge in [0.25, 0.3) is 10.2 Å². The van der Waals surface area contributed by atoms with Crippen LogP contribution in [-0.4, -0.2) is 35.8 Å². The maximum Gasteiger partial charge on any atom is 0.279 e. The first-order valence-electron chi connectivity index (χ1n) is 6.23. The molecule has 1 saturated heterocycles. The van der Waals surface area contributed by atoms with E-state index in [0.29, 0.717) is 12.5 Å². The van der Waals surface area contributed by atoms with Gasteiger partial charge >= 0.3 is 0 Å². The molecule has 17 heavy (non-hydrogen) atoms. The largest absolute Gasteiger partial charge is 0.279 e. The van der Waals surface area contributed by atoms with Crippen LogP contribution in [0.3, 0.4) is 0 Å².